The fourth-order valence-corrected chi connectivity index (χ4v) is 5.14. The average molecular weight is 542 g/mol. The number of aromatic nitrogens is 1. The van der Waals surface area contributed by atoms with E-state index in [0.717, 1.165) is 16.2 Å². The zero-order valence-corrected chi connectivity index (χ0v) is 21.1. The van der Waals surface area contributed by atoms with Crippen molar-refractivity contribution in [3.05, 3.63) is 22.3 Å². The number of amides is 2. The number of ether oxygens (including phenoxy) is 3. The van der Waals surface area contributed by atoms with Gasteiger partial charge in [-0.2, -0.15) is 0 Å². The number of esters is 3. The Bertz CT molecular complexity index is 1130. The number of nitrogens with one attached hydrogen (secondary N) is 1. The number of carbonyl (C=O) groups excluding carboxylic acids is 5. The molecule has 2 atom stereocenters. The minimum absolute atomic E-state index is 0.101. The van der Waals surface area contributed by atoms with Crippen LogP contribution in [0.1, 0.15) is 19.5 Å². The Morgan fingerprint density at radius 3 is 2.64 bits per heavy atom. The molecule has 0 radical (unpaired) electrons. The molecule has 0 aromatic carbocycles. The summed E-state index contributed by atoms with van der Waals surface area (Å²) in [5.41, 5.74) is 5.78. The quantitative estimate of drug-likeness (QED) is 0.126. The minimum atomic E-state index is -1.01. The van der Waals surface area contributed by atoms with E-state index < -0.39 is 47.7 Å². The lowest BCUT2D eigenvalue weighted by Gasteiger charge is -2.49. The van der Waals surface area contributed by atoms with Crippen LogP contribution in [0.5, 0.6) is 0 Å². The first kappa shape index (κ1) is 26.9. The van der Waals surface area contributed by atoms with E-state index in [1.54, 1.807) is 6.92 Å². The second kappa shape index (κ2) is 11.9. The molecule has 2 amide bonds. The standard InChI is InChI=1S/C20H23N5O9S2/c1-4-32-12(27)6-34-19(30)15-10(5-33-9(2)26)7-35-18-14(17(29)25(15)18)23-16(28)13(24-31-3)11-8-36-20(21)22-11/h8,14,18H,4-7H2,1-3H3,(H2,21,22)(H,23,28)/t14-,18-/m1/s1. The molecule has 16 heteroatoms. The van der Waals surface area contributed by atoms with Crippen molar-refractivity contribution in [2.45, 2.75) is 25.3 Å². The van der Waals surface area contributed by atoms with Crippen molar-refractivity contribution in [2.75, 3.05) is 38.4 Å². The monoisotopic (exact) mass is 541 g/mol. The Kier molecular flexibility index (Phi) is 8.87. The summed E-state index contributed by atoms with van der Waals surface area (Å²) in [5.74, 6) is -3.46. The number of carbonyl (C=O) groups is 5. The molecule has 36 heavy (non-hydrogen) atoms. The van der Waals surface area contributed by atoms with Gasteiger partial charge in [0, 0.05) is 23.6 Å². The van der Waals surface area contributed by atoms with Crippen LogP contribution in [0.15, 0.2) is 21.8 Å². The van der Waals surface area contributed by atoms with Gasteiger partial charge in [0.25, 0.3) is 11.8 Å². The van der Waals surface area contributed by atoms with Gasteiger partial charge >= 0.3 is 17.9 Å². The summed E-state index contributed by atoms with van der Waals surface area (Å²) in [6.45, 7) is 1.98. The molecule has 0 bridgehead atoms. The van der Waals surface area contributed by atoms with Gasteiger partial charge in [-0.1, -0.05) is 5.16 Å². The van der Waals surface area contributed by atoms with E-state index in [1.165, 1.54) is 31.2 Å². The van der Waals surface area contributed by atoms with Gasteiger partial charge in [-0.25, -0.2) is 14.6 Å². The van der Waals surface area contributed by atoms with Crippen LogP contribution in [0.2, 0.25) is 0 Å². The molecule has 0 aliphatic carbocycles. The molecule has 194 valence electrons. The number of thiazole rings is 1. The van der Waals surface area contributed by atoms with E-state index >= 15 is 0 Å². The second-order valence-electron chi connectivity index (χ2n) is 7.17. The van der Waals surface area contributed by atoms with E-state index in [1.807, 2.05) is 0 Å². The number of hydrogen-bond acceptors (Lipinski definition) is 14. The topological polar surface area (TPSA) is 189 Å². The number of rotatable bonds is 10. The molecule has 2 aliphatic heterocycles. The average Bonchev–Trinajstić information content (AvgIpc) is 3.27. The summed E-state index contributed by atoms with van der Waals surface area (Å²) in [4.78, 5) is 71.5. The number of nitrogens with zero attached hydrogens (tertiary/aromatic N) is 3. The van der Waals surface area contributed by atoms with Gasteiger partial charge in [0.15, 0.2) is 17.5 Å². The molecule has 3 N–H and O–H groups in total. The third-order valence-electron chi connectivity index (χ3n) is 4.77. The molecule has 0 saturated carbocycles. The molecule has 1 aromatic rings. The van der Waals surface area contributed by atoms with E-state index in [0.29, 0.717) is 5.57 Å². The molecular weight excluding hydrogens is 518 g/mol. The molecule has 0 unspecified atom stereocenters. The molecule has 1 fully saturated rings. The fourth-order valence-electron chi connectivity index (χ4n) is 3.27. The Morgan fingerprint density at radius 1 is 1.28 bits per heavy atom. The highest BCUT2D eigenvalue weighted by Gasteiger charge is 2.55. The predicted molar refractivity (Wildman–Crippen MR) is 126 cm³/mol. The summed E-state index contributed by atoms with van der Waals surface area (Å²) in [5, 5.41) is 7.32. The van der Waals surface area contributed by atoms with E-state index in [2.05, 4.69) is 15.5 Å². The maximum atomic E-state index is 13.0. The normalized spacial score (nSPS) is 19.1. The first-order chi connectivity index (χ1) is 17.2. The Labute approximate surface area is 213 Å². The molecule has 3 rings (SSSR count). The smallest absolute Gasteiger partial charge is 0.355 e. The third kappa shape index (κ3) is 5.93. The maximum absolute atomic E-state index is 13.0. The number of oxime groups is 1. The van der Waals surface area contributed by atoms with Gasteiger partial charge in [0.1, 0.15) is 36.5 Å². The van der Waals surface area contributed by atoms with E-state index in [-0.39, 0.29) is 41.2 Å². The van der Waals surface area contributed by atoms with Gasteiger partial charge in [-0.05, 0) is 6.92 Å². The van der Waals surface area contributed by atoms with Crippen molar-refractivity contribution in [3.63, 3.8) is 0 Å². The van der Waals surface area contributed by atoms with Crippen LogP contribution >= 0.6 is 23.1 Å². The number of fused-ring (bicyclic) bond motifs is 1. The first-order valence-electron chi connectivity index (χ1n) is 10.4. The Hall–Kier alpha value is -3.66. The van der Waals surface area contributed by atoms with Crippen molar-refractivity contribution in [1.29, 1.82) is 0 Å². The van der Waals surface area contributed by atoms with Crippen molar-refractivity contribution in [1.82, 2.24) is 15.2 Å². The summed E-state index contributed by atoms with van der Waals surface area (Å²) in [6, 6.07) is -1.01. The van der Waals surface area contributed by atoms with Crippen molar-refractivity contribution >= 4 is 63.7 Å². The molecular formula is C20H23N5O9S2. The van der Waals surface area contributed by atoms with Crippen molar-refractivity contribution in [2.24, 2.45) is 5.16 Å². The van der Waals surface area contributed by atoms with Crippen LogP contribution in [0, 0.1) is 0 Å². The Morgan fingerprint density at radius 2 is 2.03 bits per heavy atom. The Balaban J connectivity index is 1.78. The number of nitrogen functional groups attached to an aromatic ring is 1. The molecule has 1 aromatic heterocycles. The van der Waals surface area contributed by atoms with Crippen LogP contribution in [0.25, 0.3) is 0 Å². The summed E-state index contributed by atoms with van der Waals surface area (Å²) in [6.07, 6.45) is 0. The maximum Gasteiger partial charge on any atom is 0.355 e. The van der Waals surface area contributed by atoms with Gasteiger partial charge in [0.2, 0.25) is 0 Å². The van der Waals surface area contributed by atoms with Gasteiger partial charge in [0.05, 0.1) is 6.61 Å². The number of hydrogen-bond donors (Lipinski definition) is 2. The molecule has 1 saturated heterocycles. The molecule has 2 aliphatic rings. The highest BCUT2D eigenvalue weighted by molar-refractivity contribution is 8.00. The van der Waals surface area contributed by atoms with Crippen LogP contribution < -0.4 is 11.1 Å². The summed E-state index contributed by atoms with van der Waals surface area (Å²) >= 11 is 2.34. The zero-order chi connectivity index (χ0) is 26.4. The molecule has 0 spiro atoms. The van der Waals surface area contributed by atoms with Gasteiger partial charge < -0.3 is 30.1 Å². The lowest BCUT2D eigenvalue weighted by atomic mass is 10.0. The van der Waals surface area contributed by atoms with E-state index in [4.69, 9.17) is 24.8 Å². The van der Waals surface area contributed by atoms with Crippen LogP contribution in [0.4, 0.5) is 5.13 Å². The number of β-lactam (4-membered cyclic amide) rings is 1. The first-order valence-corrected chi connectivity index (χ1v) is 12.4. The van der Waals surface area contributed by atoms with E-state index in [9.17, 15) is 24.0 Å². The largest absolute Gasteiger partial charge is 0.463 e. The van der Waals surface area contributed by atoms with Crippen molar-refractivity contribution in [3.8, 4) is 0 Å². The summed E-state index contributed by atoms with van der Waals surface area (Å²) < 4.78 is 14.8. The van der Waals surface area contributed by atoms with Crippen LogP contribution in [0.3, 0.4) is 0 Å². The highest BCUT2D eigenvalue weighted by atomic mass is 32.2. The van der Waals surface area contributed by atoms with Crippen molar-refractivity contribution < 1.29 is 43.0 Å². The lowest BCUT2D eigenvalue weighted by molar-refractivity contribution is -0.159. The fraction of sp³-hybridized carbons (Fsp3) is 0.450. The highest BCUT2D eigenvalue weighted by Crippen LogP contribution is 2.40. The summed E-state index contributed by atoms with van der Waals surface area (Å²) in [7, 11) is 1.25. The van der Waals surface area contributed by atoms with Gasteiger partial charge in [-0.15, -0.1) is 23.1 Å². The third-order valence-corrected chi connectivity index (χ3v) is 6.78. The van der Waals surface area contributed by atoms with Crippen LogP contribution in [-0.2, 0) is 43.0 Å². The second-order valence-corrected chi connectivity index (χ2v) is 9.16. The minimum Gasteiger partial charge on any atom is -0.463 e. The zero-order valence-electron chi connectivity index (χ0n) is 19.5. The van der Waals surface area contributed by atoms with Gasteiger partial charge in [-0.3, -0.25) is 19.3 Å². The lowest BCUT2D eigenvalue weighted by Crippen LogP contribution is -2.71. The number of nitrogens with two attached hydrogens (primary N) is 1. The number of anilines is 1. The SMILES string of the molecule is CCOC(=O)COC(=O)C1=C(COC(C)=O)CS[C@@H]2[C@H](NC(=O)C(=NOC)c3csc(N)n3)C(=O)N12. The van der Waals surface area contributed by atoms with Crippen LogP contribution in [-0.4, -0.2) is 89.4 Å². The molecule has 14 nitrogen and oxygen atoms in total. The predicted octanol–water partition coefficient (Wildman–Crippen LogP) is -0.601. The number of thioether (sulfide) groups is 1. The molecule has 3 heterocycles.